The van der Waals surface area contributed by atoms with Gasteiger partial charge in [-0.2, -0.15) is 13.2 Å². The summed E-state index contributed by atoms with van der Waals surface area (Å²) < 4.78 is 43.4. The molecule has 1 aliphatic rings. The minimum Gasteiger partial charge on any atom is -0.497 e. The lowest BCUT2D eigenvalue weighted by Gasteiger charge is -2.25. The molecule has 1 heterocycles. The fourth-order valence-electron chi connectivity index (χ4n) is 2.68. The van der Waals surface area contributed by atoms with Gasteiger partial charge in [0, 0.05) is 6.42 Å². The van der Waals surface area contributed by atoms with Gasteiger partial charge in [0.1, 0.15) is 11.2 Å². The molecule has 7 heteroatoms. The van der Waals surface area contributed by atoms with Crippen LogP contribution in [-0.2, 0) is 4.84 Å². The summed E-state index contributed by atoms with van der Waals surface area (Å²) in [6, 6.07) is 16.1. The lowest BCUT2D eigenvalue weighted by atomic mass is 10.0. The van der Waals surface area contributed by atoms with Crippen molar-refractivity contribution in [3.63, 3.8) is 0 Å². The first-order valence-corrected chi connectivity index (χ1v) is 8.24. The summed E-state index contributed by atoms with van der Waals surface area (Å²) in [4.78, 5) is 5.60. The monoisotopic (exact) mass is 355 g/mol. The molecule has 1 aliphatic heterocycles. The highest BCUT2D eigenvalue weighted by Crippen LogP contribution is 2.46. The maximum atomic E-state index is 12.7. The van der Waals surface area contributed by atoms with Gasteiger partial charge >= 0.3 is 5.51 Å². The molecule has 0 saturated carbocycles. The van der Waals surface area contributed by atoms with Crippen LogP contribution in [0.2, 0.25) is 0 Å². The Balaban J connectivity index is 1.90. The number of alkyl halides is 3. The number of methoxy groups -OCH3 is 1. The van der Waals surface area contributed by atoms with E-state index in [1.807, 2.05) is 48.5 Å². The average Bonchev–Trinajstić information content (AvgIpc) is 2.97. The van der Waals surface area contributed by atoms with Crippen molar-refractivity contribution in [3.8, 4) is 5.75 Å². The van der Waals surface area contributed by atoms with Crippen LogP contribution in [-0.4, -0.2) is 18.1 Å². The number of hydrogen-bond donors (Lipinski definition) is 0. The summed E-state index contributed by atoms with van der Waals surface area (Å²) in [5, 5.41) is 1.55. The van der Waals surface area contributed by atoms with E-state index < -0.39 is 10.9 Å². The number of hydroxylamine groups is 1. The Kier molecular flexibility index (Phi) is 4.91. The zero-order valence-corrected chi connectivity index (χ0v) is 13.7. The summed E-state index contributed by atoms with van der Waals surface area (Å²) in [5.41, 5.74) is -3.75. The van der Waals surface area contributed by atoms with Gasteiger partial charge in [0.25, 0.3) is 0 Å². The van der Waals surface area contributed by atoms with E-state index in [4.69, 9.17) is 9.57 Å². The molecule has 0 radical (unpaired) electrons. The number of nitrogens with zero attached hydrogens (tertiary/aromatic N) is 1. The summed E-state index contributed by atoms with van der Waals surface area (Å²) in [7, 11) is 1.56. The molecule has 0 aliphatic carbocycles. The van der Waals surface area contributed by atoms with Crippen LogP contribution in [0.5, 0.6) is 5.75 Å². The van der Waals surface area contributed by atoms with Crippen LogP contribution in [0.1, 0.15) is 18.0 Å². The van der Waals surface area contributed by atoms with Gasteiger partial charge in [-0.15, -0.1) is 0 Å². The SMILES string of the molecule is COc1cccc(C2CC(SC(F)(F)F)ON2c2ccccc2)c1. The molecule has 0 bridgehead atoms. The quantitative estimate of drug-likeness (QED) is 0.755. The number of ether oxygens (including phenoxy) is 1. The van der Waals surface area contributed by atoms with Crippen LogP contribution in [0.4, 0.5) is 18.9 Å². The van der Waals surface area contributed by atoms with E-state index in [2.05, 4.69) is 0 Å². The lowest BCUT2D eigenvalue weighted by molar-refractivity contribution is -0.0362. The van der Waals surface area contributed by atoms with Crippen LogP contribution < -0.4 is 9.80 Å². The van der Waals surface area contributed by atoms with Gasteiger partial charge in [-0.3, -0.25) is 4.84 Å². The zero-order valence-electron chi connectivity index (χ0n) is 12.9. The second-order valence-electron chi connectivity index (χ2n) is 5.29. The Bertz CT molecular complexity index is 681. The second-order valence-corrected chi connectivity index (χ2v) is 6.51. The molecule has 2 aromatic rings. The van der Waals surface area contributed by atoms with Gasteiger partial charge in [-0.05, 0) is 41.6 Å². The molecule has 0 N–H and O–H groups in total. The Morgan fingerprint density at radius 3 is 2.54 bits per heavy atom. The topological polar surface area (TPSA) is 21.7 Å². The number of anilines is 1. The van der Waals surface area contributed by atoms with E-state index in [0.29, 0.717) is 5.75 Å². The molecular weight excluding hydrogens is 339 g/mol. The van der Waals surface area contributed by atoms with Gasteiger partial charge in [-0.25, -0.2) is 5.06 Å². The molecule has 2 unspecified atom stereocenters. The molecule has 3 nitrogen and oxygen atoms in total. The number of para-hydroxylation sites is 1. The van der Waals surface area contributed by atoms with Crippen molar-refractivity contribution in [1.29, 1.82) is 0 Å². The van der Waals surface area contributed by atoms with E-state index in [9.17, 15) is 13.2 Å². The predicted molar refractivity (Wildman–Crippen MR) is 87.8 cm³/mol. The zero-order chi connectivity index (χ0) is 17.2. The molecule has 0 spiro atoms. The lowest BCUT2D eigenvalue weighted by Crippen LogP contribution is -2.22. The predicted octanol–water partition coefficient (Wildman–Crippen LogP) is 5.16. The molecule has 24 heavy (non-hydrogen) atoms. The largest absolute Gasteiger partial charge is 0.497 e. The van der Waals surface area contributed by atoms with Gasteiger partial charge in [0.05, 0.1) is 18.8 Å². The van der Waals surface area contributed by atoms with E-state index in [1.165, 1.54) is 0 Å². The van der Waals surface area contributed by atoms with Crippen molar-refractivity contribution in [2.24, 2.45) is 0 Å². The van der Waals surface area contributed by atoms with Gasteiger partial charge < -0.3 is 4.74 Å². The molecule has 1 saturated heterocycles. The molecule has 128 valence electrons. The van der Waals surface area contributed by atoms with Crippen LogP contribution in [0, 0.1) is 0 Å². The van der Waals surface area contributed by atoms with Crippen LogP contribution in [0.15, 0.2) is 54.6 Å². The third-order valence-corrected chi connectivity index (χ3v) is 4.49. The van der Waals surface area contributed by atoms with E-state index in [1.54, 1.807) is 18.2 Å². The van der Waals surface area contributed by atoms with E-state index >= 15 is 0 Å². The molecule has 0 amide bonds. The number of hydrogen-bond acceptors (Lipinski definition) is 4. The Hall–Kier alpha value is -1.86. The van der Waals surface area contributed by atoms with Crippen molar-refractivity contribution in [1.82, 2.24) is 0 Å². The van der Waals surface area contributed by atoms with E-state index in [0.717, 1.165) is 11.3 Å². The maximum absolute atomic E-state index is 12.7. The normalized spacial score (nSPS) is 21.1. The molecule has 2 aromatic carbocycles. The minimum absolute atomic E-state index is 0.124. The van der Waals surface area contributed by atoms with Gasteiger partial charge in [0.15, 0.2) is 0 Å². The van der Waals surface area contributed by atoms with Crippen LogP contribution in [0.3, 0.4) is 0 Å². The fraction of sp³-hybridized carbons (Fsp3) is 0.294. The number of rotatable bonds is 4. The highest BCUT2D eigenvalue weighted by molar-refractivity contribution is 8.00. The molecular formula is C17H16F3NO2S. The first-order chi connectivity index (χ1) is 11.5. The van der Waals surface area contributed by atoms with Crippen molar-refractivity contribution in [2.45, 2.75) is 23.4 Å². The number of thioether (sulfide) groups is 1. The first kappa shape index (κ1) is 17.0. The second kappa shape index (κ2) is 6.94. The highest BCUT2D eigenvalue weighted by Gasteiger charge is 2.42. The fourth-order valence-corrected chi connectivity index (χ4v) is 3.39. The van der Waals surface area contributed by atoms with Gasteiger partial charge in [-0.1, -0.05) is 30.3 Å². The summed E-state index contributed by atoms with van der Waals surface area (Å²) in [5.74, 6) is 0.660. The molecule has 2 atom stereocenters. The van der Waals surface area contributed by atoms with Gasteiger partial charge in [0.2, 0.25) is 0 Å². The Morgan fingerprint density at radius 1 is 1.12 bits per heavy atom. The first-order valence-electron chi connectivity index (χ1n) is 7.36. The standard InChI is InChI=1S/C17H16F3NO2S/c1-22-14-9-5-6-12(10-14)15-11-16(24-17(18,19)20)23-21(15)13-7-3-2-4-8-13/h2-10,15-16H,11H2,1H3. The summed E-state index contributed by atoms with van der Waals surface area (Å²) in [6.07, 6.45) is 0.228. The third kappa shape index (κ3) is 3.96. The van der Waals surface area contributed by atoms with Crippen molar-refractivity contribution in [3.05, 3.63) is 60.2 Å². The summed E-state index contributed by atoms with van der Waals surface area (Å²) >= 11 is -0.124. The van der Waals surface area contributed by atoms with Crippen molar-refractivity contribution < 1.29 is 22.7 Å². The van der Waals surface area contributed by atoms with Crippen molar-refractivity contribution >= 4 is 17.4 Å². The minimum atomic E-state index is -4.34. The smallest absolute Gasteiger partial charge is 0.444 e. The number of halogens is 3. The van der Waals surface area contributed by atoms with E-state index in [-0.39, 0.29) is 24.2 Å². The number of benzene rings is 2. The Morgan fingerprint density at radius 2 is 1.88 bits per heavy atom. The molecule has 0 aromatic heterocycles. The average molecular weight is 355 g/mol. The van der Waals surface area contributed by atoms with Crippen LogP contribution >= 0.6 is 11.8 Å². The molecule has 3 rings (SSSR count). The molecule has 1 fully saturated rings. The third-order valence-electron chi connectivity index (χ3n) is 3.68. The highest BCUT2D eigenvalue weighted by atomic mass is 32.2. The summed E-state index contributed by atoms with van der Waals surface area (Å²) in [6.45, 7) is 0. The van der Waals surface area contributed by atoms with Crippen molar-refractivity contribution in [2.75, 3.05) is 12.2 Å². The maximum Gasteiger partial charge on any atom is 0.444 e. The van der Waals surface area contributed by atoms with Crippen LogP contribution in [0.25, 0.3) is 0 Å². The Labute approximate surface area is 142 Å².